The summed E-state index contributed by atoms with van der Waals surface area (Å²) in [4.78, 5) is 10.8. The van der Waals surface area contributed by atoms with Gasteiger partial charge in [-0.05, 0) is 12.8 Å². The van der Waals surface area contributed by atoms with E-state index in [0.717, 1.165) is 12.8 Å². The van der Waals surface area contributed by atoms with Gasteiger partial charge in [-0.2, -0.15) is 0 Å². The third-order valence-electron chi connectivity index (χ3n) is 3.05. The molecule has 0 aliphatic rings. The molecule has 0 fully saturated rings. The highest BCUT2D eigenvalue weighted by molar-refractivity contribution is 5.75. The fraction of sp³-hybridized carbons (Fsp3) is 0.929. The van der Waals surface area contributed by atoms with Crippen LogP contribution in [0, 0.1) is 5.92 Å². The van der Waals surface area contributed by atoms with Gasteiger partial charge in [-0.1, -0.05) is 65.2 Å². The number of aldehydes is 1. The molecule has 0 N–H and O–H groups in total. The van der Waals surface area contributed by atoms with Crippen molar-refractivity contribution in [2.45, 2.75) is 78.1 Å². The summed E-state index contributed by atoms with van der Waals surface area (Å²) in [6, 6.07) is 0. The summed E-state index contributed by atoms with van der Waals surface area (Å²) in [5.74, 6) is 0.344. The second-order valence-corrected chi connectivity index (χ2v) is 4.59. The highest BCUT2D eigenvalue weighted by atomic mass is 24.3. The van der Waals surface area contributed by atoms with Gasteiger partial charge in [0.1, 0.15) is 6.29 Å². The molecule has 0 saturated heterocycles. The van der Waals surface area contributed by atoms with Crippen molar-refractivity contribution in [1.82, 2.24) is 0 Å². The number of hydrogen-bond acceptors (Lipinski definition) is 1. The first kappa shape index (κ1) is 18.8. The van der Waals surface area contributed by atoms with Crippen molar-refractivity contribution in [1.29, 1.82) is 0 Å². The minimum absolute atomic E-state index is 0. The Morgan fingerprint density at radius 3 is 1.88 bits per heavy atom. The lowest BCUT2D eigenvalue weighted by molar-refractivity contribution is -0.111. The van der Waals surface area contributed by atoms with Gasteiger partial charge in [-0.3, -0.25) is 0 Å². The summed E-state index contributed by atoms with van der Waals surface area (Å²) in [5.41, 5.74) is 0. The lowest BCUT2D eigenvalue weighted by Crippen LogP contribution is -2.01. The standard InChI is InChI=1S/C14H28O.Mg.2H/c1-3-5-7-8-9-10-12-14(13-15)11-6-4-2;;;/h13-14H,3-12H2,1-2H3;;;. The van der Waals surface area contributed by atoms with Crippen LogP contribution in [0.15, 0.2) is 0 Å². The third kappa shape index (κ3) is 12.5. The SMILES string of the molecule is CCCCCCCCC(C=O)CCCC.[MgH2]. The van der Waals surface area contributed by atoms with Crippen LogP contribution in [0.4, 0.5) is 0 Å². The molecule has 0 aromatic heterocycles. The molecule has 0 saturated carbocycles. The Balaban J connectivity index is 0. The van der Waals surface area contributed by atoms with Crippen LogP contribution in [0.3, 0.4) is 0 Å². The van der Waals surface area contributed by atoms with E-state index in [0.29, 0.717) is 5.92 Å². The Morgan fingerprint density at radius 1 is 0.812 bits per heavy atom. The van der Waals surface area contributed by atoms with E-state index in [-0.39, 0.29) is 23.1 Å². The second kappa shape index (κ2) is 15.4. The first-order chi connectivity index (χ1) is 7.35. The topological polar surface area (TPSA) is 17.1 Å². The van der Waals surface area contributed by atoms with Crippen molar-refractivity contribution >= 4 is 29.3 Å². The predicted octanol–water partition coefficient (Wildman–Crippen LogP) is 3.83. The van der Waals surface area contributed by atoms with Gasteiger partial charge in [-0.25, -0.2) is 0 Å². The zero-order valence-corrected chi connectivity index (χ0v) is 10.6. The maximum absolute atomic E-state index is 10.8. The highest BCUT2D eigenvalue weighted by Crippen LogP contribution is 2.15. The fourth-order valence-corrected chi connectivity index (χ4v) is 1.93. The molecule has 0 aliphatic heterocycles. The zero-order chi connectivity index (χ0) is 11.4. The quantitative estimate of drug-likeness (QED) is 0.304. The lowest BCUT2D eigenvalue weighted by Gasteiger charge is -2.08. The largest absolute Gasteiger partial charge is 0.316 e. The molecule has 0 radical (unpaired) electrons. The maximum Gasteiger partial charge on any atom is 0.316 e. The zero-order valence-electron chi connectivity index (χ0n) is 10.6. The Labute approximate surface area is 118 Å². The average Bonchev–Trinajstić information content (AvgIpc) is 2.27. The number of unbranched alkanes of at least 4 members (excludes halogenated alkanes) is 6. The number of carbonyl (C=O) groups is 1. The third-order valence-corrected chi connectivity index (χ3v) is 3.05. The molecule has 0 aliphatic carbocycles. The molecule has 1 unspecified atom stereocenters. The summed E-state index contributed by atoms with van der Waals surface area (Å²) in [5, 5.41) is 0. The molecule has 0 heterocycles. The maximum atomic E-state index is 10.8. The molecule has 0 rings (SSSR count). The number of rotatable bonds is 11. The normalized spacial score (nSPS) is 11.9. The van der Waals surface area contributed by atoms with Gasteiger partial charge in [0.05, 0.1) is 0 Å². The van der Waals surface area contributed by atoms with Crippen LogP contribution in [0.2, 0.25) is 0 Å². The average molecular weight is 239 g/mol. The number of hydrogen-bond donors (Lipinski definition) is 0. The van der Waals surface area contributed by atoms with Crippen molar-refractivity contribution in [2.24, 2.45) is 5.92 Å². The second-order valence-electron chi connectivity index (χ2n) is 4.59. The Kier molecular flexibility index (Phi) is 18.1. The minimum Gasteiger partial charge on any atom is -0.303 e. The van der Waals surface area contributed by atoms with Gasteiger partial charge in [0.25, 0.3) is 0 Å². The minimum atomic E-state index is 0. The first-order valence-electron chi connectivity index (χ1n) is 6.80. The summed E-state index contributed by atoms with van der Waals surface area (Å²) in [6.45, 7) is 4.43. The molecule has 0 bridgehead atoms. The van der Waals surface area contributed by atoms with Gasteiger partial charge in [0.2, 0.25) is 0 Å². The van der Waals surface area contributed by atoms with Crippen LogP contribution in [0.5, 0.6) is 0 Å². The van der Waals surface area contributed by atoms with E-state index in [9.17, 15) is 4.79 Å². The number of carbonyl (C=O) groups excluding carboxylic acids is 1. The van der Waals surface area contributed by atoms with Crippen molar-refractivity contribution in [3.63, 3.8) is 0 Å². The van der Waals surface area contributed by atoms with Gasteiger partial charge in [0.15, 0.2) is 0 Å². The summed E-state index contributed by atoms with van der Waals surface area (Å²) < 4.78 is 0. The molecule has 94 valence electrons. The van der Waals surface area contributed by atoms with Crippen molar-refractivity contribution in [3.8, 4) is 0 Å². The highest BCUT2D eigenvalue weighted by Gasteiger charge is 2.05. The smallest absolute Gasteiger partial charge is 0.303 e. The van der Waals surface area contributed by atoms with E-state index in [1.165, 1.54) is 57.7 Å². The fourth-order valence-electron chi connectivity index (χ4n) is 1.93. The molecule has 16 heavy (non-hydrogen) atoms. The molecule has 0 spiro atoms. The Bertz CT molecular complexity index is 137. The van der Waals surface area contributed by atoms with Gasteiger partial charge in [-0.15, -0.1) is 0 Å². The van der Waals surface area contributed by atoms with E-state index in [1.807, 2.05) is 0 Å². The molecule has 1 nitrogen and oxygen atoms in total. The van der Waals surface area contributed by atoms with Crippen LogP contribution in [-0.2, 0) is 4.79 Å². The molecule has 1 atom stereocenters. The van der Waals surface area contributed by atoms with E-state index in [2.05, 4.69) is 13.8 Å². The summed E-state index contributed by atoms with van der Waals surface area (Å²) in [7, 11) is 0. The monoisotopic (exact) mass is 238 g/mol. The van der Waals surface area contributed by atoms with Crippen LogP contribution in [0.25, 0.3) is 0 Å². The van der Waals surface area contributed by atoms with Crippen LogP contribution in [0.1, 0.15) is 78.1 Å². The van der Waals surface area contributed by atoms with E-state index in [1.54, 1.807) is 0 Å². The Hall–Kier alpha value is 0.436. The lowest BCUT2D eigenvalue weighted by atomic mass is 9.96. The first-order valence-corrected chi connectivity index (χ1v) is 6.80. The molecule has 0 aromatic carbocycles. The van der Waals surface area contributed by atoms with E-state index >= 15 is 0 Å². The molecule has 0 amide bonds. The van der Waals surface area contributed by atoms with Crippen LogP contribution >= 0.6 is 0 Å². The van der Waals surface area contributed by atoms with Crippen LogP contribution < -0.4 is 0 Å². The van der Waals surface area contributed by atoms with Crippen molar-refractivity contribution < 1.29 is 4.79 Å². The molecular formula is C14H30MgO. The predicted molar refractivity (Wildman–Crippen MR) is 75.6 cm³/mol. The van der Waals surface area contributed by atoms with Crippen LogP contribution in [-0.4, -0.2) is 29.3 Å². The summed E-state index contributed by atoms with van der Waals surface area (Å²) >= 11 is 0. The molecule has 0 aromatic rings. The van der Waals surface area contributed by atoms with Gasteiger partial charge in [0, 0.05) is 5.92 Å². The van der Waals surface area contributed by atoms with Crippen molar-refractivity contribution in [3.05, 3.63) is 0 Å². The Morgan fingerprint density at radius 2 is 1.31 bits per heavy atom. The van der Waals surface area contributed by atoms with E-state index < -0.39 is 0 Å². The molecular weight excluding hydrogens is 208 g/mol. The summed E-state index contributed by atoms with van der Waals surface area (Å²) in [6.07, 6.45) is 13.8. The molecule has 2 heteroatoms. The van der Waals surface area contributed by atoms with E-state index in [4.69, 9.17) is 0 Å². The van der Waals surface area contributed by atoms with Crippen molar-refractivity contribution in [2.75, 3.05) is 0 Å². The van der Waals surface area contributed by atoms with Gasteiger partial charge < -0.3 is 4.79 Å². The van der Waals surface area contributed by atoms with Gasteiger partial charge >= 0.3 is 23.1 Å².